The van der Waals surface area contributed by atoms with Crippen LogP contribution in [-0.2, 0) is 4.79 Å². The molecule has 0 aromatic heterocycles. The number of carboxylic acids is 1. The van der Waals surface area contributed by atoms with E-state index in [1.807, 2.05) is 31.2 Å². The topological polar surface area (TPSA) is 37.3 Å². The first-order valence-corrected chi connectivity index (χ1v) is 6.10. The normalized spacial score (nSPS) is 11.9. The Bertz CT molecular complexity index is 397. The van der Waals surface area contributed by atoms with E-state index in [1.54, 1.807) is 0 Å². The van der Waals surface area contributed by atoms with Crippen LogP contribution < -0.4 is 0 Å². The summed E-state index contributed by atoms with van der Waals surface area (Å²) in [6.07, 6.45) is 3.27. The highest BCUT2D eigenvalue weighted by atomic mass is 16.4. The van der Waals surface area contributed by atoms with Crippen molar-refractivity contribution in [3.8, 4) is 0 Å². The minimum atomic E-state index is -0.868. The molecule has 1 rings (SSSR count). The summed E-state index contributed by atoms with van der Waals surface area (Å²) in [5.41, 5.74) is 3.14. The molecule has 0 aliphatic heterocycles. The molecule has 17 heavy (non-hydrogen) atoms. The summed E-state index contributed by atoms with van der Waals surface area (Å²) in [6, 6.07) is 8.05. The van der Waals surface area contributed by atoms with Crippen LogP contribution >= 0.6 is 0 Å². The number of allylic oxidation sites excluding steroid dienone is 1. The Balaban J connectivity index is 3.14. The lowest BCUT2D eigenvalue weighted by Gasteiger charge is -2.17. The number of rotatable bonds is 5. The predicted molar refractivity (Wildman–Crippen MR) is 70.9 cm³/mol. The Labute approximate surface area is 103 Å². The summed E-state index contributed by atoms with van der Waals surface area (Å²) >= 11 is 0. The third-order valence-corrected chi connectivity index (χ3v) is 3.09. The number of aryl methyl sites for hydroxylation is 1. The van der Waals surface area contributed by atoms with E-state index in [1.165, 1.54) is 11.6 Å². The molecule has 0 bridgehead atoms. The van der Waals surface area contributed by atoms with Crippen molar-refractivity contribution in [1.29, 1.82) is 0 Å². The first kappa shape index (κ1) is 13.5. The van der Waals surface area contributed by atoms with Gasteiger partial charge < -0.3 is 5.11 Å². The maximum absolute atomic E-state index is 10.9. The number of aliphatic carboxylic acids is 1. The fraction of sp³-hybridized carbons (Fsp3) is 0.400. The van der Waals surface area contributed by atoms with Gasteiger partial charge in [-0.2, -0.15) is 0 Å². The Morgan fingerprint density at radius 3 is 2.18 bits per heavy atom. The molecule has 0 saturated heterocycles. The summed E-state index contributed by atoms with van der Waals surface area (Å²) in [5.74, 6) is -0.554. The van der Waals surface area contributed by atoms with Crippen LogP contribution in [0.1, 0.15) is 37.8 Å². The van der Waals surface area contributed by atoms with Gasteiger partial charge in [0.2, 0.25) is 0 Å². The molecule has 0 fully saturated rings. The quantitative estimate of drug-likeness (QED) is 0.782. The van der Waals surface area contributed by atoms with E-state index in [9.17, 15) is 4.79 Å². The first-order valence-electron chi connectivity index (χ1n) is 6.10. The molecule has 92 valence electrons. The number of hydrogen-bond acceptors (Lipinski definition) is 1. The first-order chi connectivity index (χ1) is 8.08. The van der Waals surface area contributed by atoms with Crippen molar-refractivity contribution in [2.75, 3.05) is 0 Å². The van der Waals surface area contributed by atoms with E-state index in [0.29, 0.717) is 5.92 Å². The van der Waals surface area contributed by atoms with E-state index in [-0.39, 0.29) is 0 Å². The predicted octanol–water partition coefficient (Wildman–Crippen LogP) is 3.90. The molecule has 2 heteroatoms. The van der Waals surface area contributed by atoms with Crippen LogP contribution in [0.2, 0.25) is 0 Å². The van der Waals surface area contributed by atoms with Gasteiger partial charge in [0.05, 0.1) is 0 Å². The molecule has 0 amide bonds. The van der Waals surface area contributed by atoms with Crippen molar-refractivity contribution in [2.45, 2.75) is 33.6 Å². The number of carboxylic acid groups (broad SMARTS) is 1. The van der Waals surface area contributed by atoms with Crippen LogP contribution in [0.5, 0.6) is 0 Å². The van der Waals surface area contributed by atoms with Gasteiger partial charge in [-0.1, -0.05) is 43.7 Å². The summed E-state index contributed by atoms with van der Waals surface area (Å²) in [5, 5.41) is 8.96. The van der Waals surface area contributed by atoms with Crippen molar-refractivity contribution in [2.24, 2.45) is 5.92 Å². The summed E-state index contributed by atoms with van der Waals surface area (Å²) in [4.78, 5) is 10.9. The van der Waals surface area contributed by atoms with Crippen LogP contribution in [0.4, 0.5) is 0 Å². The standard InChI is InChI=1S/C15H20O2/c1-4-12(5-2)14(10-15(16)17)13-8-6-11(3)7-9-13/h6-10,12H,4-5H2,1-3H3,(H,16,17)/b14-10+. The van der Waals surface area contributed by atoms with Gasteiger partial charge in [-0.3, -0.25) is 0 Å². The van der Waals surface area contributed by atoms with Crippen LogP contribution in [-0.4, -0.2) is 11.1 Å². The second-order valence-electron chi connectivity index (χ2n) is 4.32. The largest absolute Gasteiger partial charge is 0.478 e. The molecule has 1 aromatic carbocycles. The van der Waals surface area contributed by atoms with E-state index in [0.717, 1.165) is 24.0 Å². The lowest BCUT2D eigenvalue weighted by molar-refractivity contribution is -0.131. The Morgan fingerprint density at radius 2 is 1.76 bits per heavy atom. The SMILES string of the molecule is CCC(CC)/C(=C\C(=O)O)c1ccc(C)cc1. The minimum absolute atomic E-state index is 0.314. The molecule has 0 aliphatic rings. The summed E-state index contributed by atoms with van der Waals surface area (Å²) < 4.78 is 0. The molecular formula is C15H20O2. The molecule has 1 N–H and O–H groups in total. The molecular weight excluding hydrogens is 212 g/mol. The average molecular weight is 232 g/mol. The molecule has 0 saturated carbocycles. The zero-order valence-corrected chi connectivity index (χ0v) is 10.7. The van der Waals surface area contributed by atoms with Gasteiger partial charge in [-0.15, -0.1) is 0 Å². The minimum Gasteiger partial charge on any atom is -0.478 e. The van der Waals surface area contributed by atoms with Gasteiger partial charge in [0.25, 0.3) is 0 Å². The Hall–Kier alpha value is -1.57. The average Bonchev–Trinajstić information content (AvgIpc) is 2.30. The second kappa shape index (κ2) is 6.24. The van der Waals surface area contributed by atoms with Crippen molar-refractivity contribution >= 4 is 11.5 Å². The van der Waals surface area contributed by atoms with Gasteiger partial charge >= 0.3 is 5.97 Å². The molecule has 0 spiro atoms. The van der Waals surface area contributed by atoms with E-state index < -0.39 is 5.97 Å². The van der Waals surface area contributed by atoms with Crippen molar-refractivity contribution in [1.82, 2.24) is 0 Å². The second-order valence-corrected chi connectivity index (χ2v) is 4.32. The summed E-state index contributed by atoms with van der Waals surface area (Å²) in [6.45, 7) is 6.22. The molecule has 0 unspecified atom stereocenters. The molecule has 1 aromatic rings. The highest BCUT2D eigenvalue weighted by molar-refractivity contribution is 5.90. The molecule has 2 nitrogen and oxygen atoms in total. The third kappa shape index (κ3) is 3.74. The van der Waals surface area contributed by atoms with Crippen LogP contribution in [0.25, 0.3) is 5.57 Å². The van der Waals surface area contributed by atoms with Gasteiger partial charge in [-0.25, -0.2) is 4.79 Å². The number of benzene rings is 1. The van der Waals surface area contributed by atoms with E-state index >= 15 is 0 Å². The maximum Gasteiger partial charge on any atom is 0.328 e. The maximum atomic E-state index is 10.9. The van der Waals surface area contributed by atoms with Crippen LogP contribution in [0.3, 0.4) is 0 Å². The third-order valence-electron chi connectivity index (χ3n) is 3.09. The monoisotopic (exact) mass is 232 g/mol. The number of carbonyl (C=O) groups is 1. The fourth-order valence-corrected chi connectivity index (χ4v) is 2.04. The van der Waals surface area contributed by atoms with Gasteiger partial charge in [0.15, 0.2) is 0 Å². The van der Waals surface area contributed by atoms with E-state index in [2.05, 4.69) is 13.8 Å². The van der Waals surface area contributed by atoms with E-state index in [4.69, 9.17) is 5.11 Å². The molecule has 0 heterocycles. The zero-order valence-electron chi connectivity index (χ0n) is 10.7. The lowest BCUT2D eigenvalue weighted by Crippen LogP contribution is -2.04. The van der Waals surface area contributed by atoms with Crippen molar-refractivity contribution in [3.05, 3.63) is 41.5 Å². The van der Waals surface area contributed by atoms with Gasteiger partial charge in [0.1, 0.15) is 0 Å². The highest BCUT2D eigenvalue weighted by Crippen LogP contribution is 2.28. The van der Waals surface area contributed by atoms with Crippen molar-refractivity contribution < 1.29 is 9.90 Å². The highest BCUT2D eigenvalue weighted by Gasteiger charge is 2.13. The van der Waals surface area contributed by atoms with Crippen molar-refractivity contribution in [3.63, 3.8) is 0 Å². The van der Waals surface area contributed by atoms with Crippen LogP contribution in [0.15, 0.2) is 30.3 Å². The van der Waals surface area contributed by atoms with Gasteiger partial charge in [0, 0.05) is 6.08 Å². The molecule has 0 atom stereocenters. The van der Waals surface area contributed by atoms with Gasteiger partial charge in [-0.05, 0) is 36.8 Å². The zero-order chi connectivity index (χ0) is 12.8. The Morgan fingerprint density at radius 1 is 1.24 bits per heavy atom. The Kier molecular flexibility index (Phi) is 4.95. The molecule has 0 aliphatic carbocycles. The fourth-order valence-electron chi connectivity index (χ4n) is 2.04. The lowest BCUT2D eigenvalue weighted by atomic mass is 9.88. The smallest absolute Gasteiger partial charge is 0.328 e. The number of hydrogen-bond donors (Lipinski definition) is 1. The summed E-state index contributed by atoms with van der Waals surface area (Å²) in [7, 11) is 0. The molecule has 0 radical (unpaired) electrons. The van der Waals surface area contributed by atoms with Crippen LogP contribution in [0, 0.1) is 12.8 Å².